The summed E-state index contributed by atoms with van der Waals surface area (Å²) in [5.41, 5.74) is 0. The van der Waals surface area contributed by atoms with Gasteiger partial charge in [0.25, 0.3) is 0 Å². The van der Waals surface area contributed by atoms with Gasteiger partial charge in [-0.1, -0.05) is 0 Å². The smallest absolute Gasteiger partial charge is 0.169 e. The van der Waals surface area contributed by atoms with E-state index in [1.165, 1.54) is 6.42 Å². The molecule has 2 aliphatic heterocycles. The Morgan fingerprint density at radius 3 is 2.60 bits per heavy atom. The van der Waals surface area contributed by atoms with E-state index in [1.807, 2.05) is 0 Å². The molecule has 0 aromatic rings. The fraction of sp³-hybridized carbons (Fsp3) is 1.00. The summed E-state index contributed by atoms with van der Waals surface area (Å²) in [6, 6.07) is 0. The van der Waals surface area contributed by atoms with Gasteiger partial charge in [0.05, 0.1) is 12.2 Å². The maximum Gasteiger partial charge on any atom is 0.169 e. The average molecular weight is 214 g/mol. The zero-order valence-electron chi connectivity index (χ0n) is 9.58. The molecular weight excluding hydrogens is 192 g/mol. The Bertz CT molecular complexity index is 201. The molecule has 0 saturated carbocycles. The van der Waals surface area contributed by atoms with Crippen LogP contribution < -0.4 is 0 Å². The maximum absolute atomic E-state index is 8.94. The summed E-state index contributed by atoms with van der Waals surface area (Å²) < 4.78 is 12.0. The van der Waals surface area contributed by atoms with Crippen LogP contribution in [0.2, 0.25) is 0 Å². The van der Waals surface area contributed by atoms with Crippen LogP contribution in [0.5, 0.6) is 0 Å². The third kappa shape index (κ3) is 2.71. The van der Waals surface area contributed by atoms with Crippen molar-refractivity contribution in [3.05, 3.63) is 0 Å². The third-order valence-corrected chi connectivity index (χ3v) is 3.50. The van der Waals surface area contributed by atoms with Gasteiger partial charge in [-0.2, -0.15) is 0 Å². The lowest BCUT2D eigenvalue weighted by atomic mass is 9.92. The van der Waals surface area contributed by atoms with E-state index >= 15 is 0 Å². The molecule has 0 aromatic carbocycles. The molecule has 15 heavy (non-hydrogen) atoms. The highest BCUT2D eigenvalue weighted by molar-refractivity contribution is 4.82. The highest BCUT2D eigenvalue weighted by atomic mass is 16.7. The summed E-state index contributed by atoms with van der Waals surface area (Å²) >= 11 is 0. The van der Waals surface area contributed by atoms with E-state index in [9.17, 15) is 0 Å². The lowest BCUT2D eigenvalue weighted by Crippen LogP contribution is -2.47. The average Bonchev–Trinajstić information content (AvgIpc) is 2.17. The van der Waals surface area contributed by atoms with Gasteiger partial charge in [0, 0.05) is 19.4 Å². The molecule has 0 bridgehead atoms. The number of rotatable bonds is 2. The normalized spacial score (nSPS) is 42.0. The fourth-order valence-electron chi connectivity index (χ4n) is 2.78. The summed E-state index contributed by atoms with van der Waals surface area (Å²) in [6.07, 6.45) is 7.92. The quantitative estimate of drug-likeness (QED) is 0.766. The molecular formula is C12H22O3. The number of aliphatic hydroxyl groups is 1. The van der Waals surface area contributed by atoms with Crippen LogP contribution in [0.15, 0.2) is 0 Å². The Morgan fingerprint density at radius 2 is 1.93 bits per heavy atom. The van der Waals surface area contributed by atoms with Crippen LogP contribution in [-0.2, 0) is 9.47 Å². The molecule has 0 amide bonds. The minimum atomic E-state index is -0.310. The first-order valence-corrected chi connectivity index (χ1v) is 6.21. The van der Waals surface area contributed by atoms with Crippen molar-refractivity contribution < 1.29 is 14.6 Å². The van der Waals surface area contributed by atoms with Crippen molar-refractivity contribution in [2.24, 2.45) is 0 Å². The van der Waals surface area contributed by atoms with Gasteiger partial charge in [-0.15, -0.1) is 0 Å². The zero-order valence-corrected chi connectivity index (χ0v) is 9.58. The van der Waals surface area contributed by atoms with Crippen molar-refractivity contribution in [2.75, 3.05) is 6.61 Å². The van der Waals surface area contributed by atoms with E-state index < -0.39 is 0 Å². The maximum atomic E-state index is 8.94. The number of ether oxygens (including phenoxy) is 2. The van der Waals surface area contributed by atoms with Gasteiger partial charge in [0.2, 0.25) is 0 Å². The minimum Gasteiger partial charge on any atom is -0.396 e. The van der Waals surface area contributed by atoms with Gasteiger partial charge >= 0.3 is 0 Å². The first-order chi connectivity index (χ1) is 7.24. The molecule has 2 fully saturated rings. The molecule has 0 aliphatic carbocycles. The van der Waals surface area contributed by atoms with Gasteiger partial charge in [-0.3, -0.25) is 0 Å². The third-order valence-electron chi connectivity index (χ3n) is 3.50. The van der Waals surface area contributed by atoms with Crippen LogP contribution in [0.3, 0.4) is 0 Å². The predicted molar refractivity (Wildman–Crippen MR) is 57.6 cm³/mol. The first-order valence-electron chi connectivity index (χ1n) is 6.21. The van der Waals surface area contributed by atoms with Crippen molar-refractivity contribution in [2.45, 2.75) is 69.9 Å². The van der Waals surface area contributed by atoms with E-state index in [0.717, 1.165) is 38.5 Å². The fourth-order valence-corrected chi connectivity index (χ4v) is 2.78. The van der Waals surface area contributed by atoms with Crippen LogP contribution >= 0.6 is 0 Å². The molecule has 2 aliphatic rings. The van der Waals surface area contributed by atoms with Gasteiger partial charge < -0.3 is 14.6 Å². The molecule has 1 spiro atoms. The summed E-state index contributed by atoms with van der Waals surface area (Å²) in [5, 5.41) is 8.94. The number of hydrogen-bond donors (Lipinski definition) is 1. The van der Waals surface area contributed by atoms with Crippen LogP contribution in [0.4, 0.5) is 0 Å². The predicted octanol–water partition coefficient (Wildman–Crippen LogP) is 2.22. The Morgan fingerprint density at radius 1 is 1.20 bits per heavy atom. The molecule has 0 radical (unpaired) electrons. The Hall–Kier alpha value is -0.120. The van der Waals surface area contributed by atoms with E-state index in [-0.39, 0.29) is 18.5 Å². The van der Waals surface area contributed by atoms with Crippen molar-refractivity contribution in [1.82, 2.24) is 0 Å². The minimum absolute atomic E-state index is 0.203. The van der Waals surface area contributed by atoms with Crippen LogP contribution in [0.25, 0.3) is 0 Å². The standard InChI is InChI=1S/C12H22O3/c1-10-4-2-7-12(14-10)8-3-5-11(15-12)6-9-13/h10-11,13H,2-9H2,1H3/t10-,11-,12+/m1/s1. The summed E-state index contributed by atoms with van der Waals surface area (Å²) in [5.74, 6) is -0.310. The van der Waals surface area contributed by atoms with E-state index in [1.54, 1.807) is 0 Å². The summed E-state index contributed by atoms with van der Waals surface area (Å²) in [7, 11) is 0. The first kappa shape index (κ1) is 11.4. The lowest BCUT2D eigenvalue weighted by molar-refractivity contribution is -0.313. The second-order valence-corrected chi connectivity index (χ2v) is 4.88. The molecule has 3 heteroatoms. The van der Waals surface area contributed by atoms with Crippen LogP contribution in [-0.4, -0.2) is 29.7 Å². The summed E-state index contributed by atoms with van der Waals surface area (Å²) in [6.45, 7) is 2.34. The van der Waals surface area contributed by atoms with Crippen LogP contribution in [0.1, 0.15) is 51.9 Å². The molecule has 1 N–H and O–H groups in total. The lowest BCUT2D eigenvalue weighted by Gasteiger charge is -2.45. The zero-order chi connectivity index (χ0) is 10.7. The van der Waals surface area contributed by atoms with Crippen molar-refractivity contribution in [3.8, 4) is 0 Å². The Kier molecular flexibility index (Phi) is 3.65. The van der Waals surface area contributed by atoms with Crippen molar-refractivity contribution in [1.29, 1.82) is 0 Å². The molecule has 3 nitrogen and oxygen atoms in total. The van der Waals surface area contributed by atoms with Crippen molar-refractivity contribution in [3.63, 3.8) is 0 Å². The molecule has 3 atom stereocenters. The largest absolute Gasteiger partial charge is 0.396 e. The molecule has 0 unspecified atom stereocenters. The molecule has 88 valence electrons. The second-order valence-electron chi connectivity index (χ2n) is 4.88. The molecule has 2 heterocycles. The Labute approximate surface area is 91.8 Å². The highest BCUT2D eigenvalue weighted by Crippen LogP contribution is 2.39. The molecule has 0 aromatic heterocycles. The van der Waals surface area contributed by atoms with E-state index in [4.69, 9.17) is 14.6 Å². The van der Waals surface area contributed by atoms with Gasteiger partial charge in [0.1, 0.15) is 0 Å². The van der Waals surface area contributed by atoms with Gasteiger partial charge in [0.15, 0.2) is 5.79 Å². The highest BCUT2D eigenvalue weighted by Gasteiger charge is 2.41. The number of aliphatic hydroxyl groups excluding tert-OH is 1. The molecule has 2 saturated heterocycles. The van der Waals surface area contributed by atoms with Gasteiger partial charge in [-0.25, -0.2) is 0 Å². The monoisotopic (exact) mass is 214 g/mol. The van der Waals surface area contributed by atoms with E-state index in [2.05, 4.69) is 6.92 Å². The van der Waals surface area contributed by atoms with E-state index in [0.29, 0.717) is 6.10 Å². The van der Waals surface area contributed by atoms with Gasteiger partial charge in [-0.05, 0) is 39.0 Å². The Balaban J connectivity index is 1.94. The van der Waals surface area contributed by atoms with Crippen LogP contribution in [0, 0.1) is 0 Å². The second kappa shape index (κ2) is 4.81. The molecule has 2 rings (SSSR count). The van der Waals surface area contributed by atoms with Crippen molar-refractivity contribution >= 4 is 0 Å². The summed E-state index contributed by atoms with van der Waals surface area (Å²) in [4.78, 5) is 0. The topological polar surface area (TPSA) is 38.7 Å². The number of hydrogen-bond acceptors (Lipinski definition) is 3. The SMILES string of the molecule is C[C@@H]1CCC[C@]2(CCC[C@H](CCO)O2)O1.